The van der Waals surface area contributed by atoms with Crippen LogP contribution in [0.2, 0.25) is 0 Å². The van der Waals surface area contributed by atoms with Crippen molar-refractivity contribution in [3.05, 3.63) is 59.7 Å². The van der Waals surface area contributed by atoms with Crippen molar-refractivity contribution in [1.82, 2.24) is 0 Å². The minimum atomic E-state index is -0.575. The smallest absolute Gasteiger partial charge is 0.241 e. The second-order valence-electron chi connectivity index (χ2n) is 5.12. The monoisotopic (exact) mass is 284 g/mol. The number of rotatable bonds is 5. The second-order valence-corrected chi connectivity index (χ2v) is 5.12. The lowest BCUT2D eigenvalue weighted by Gasteiger charge is -2.13. The maximum absolute atomic E-state index is 12.0. The van der Waals surface area contributed by atoms with E-state index in [1.807, 2.05) is 30.3 Å². The van der Waals surface area contributed by atoms with E-state index in [0.29, 0.717) is 12.1 Å². The van der Waals surface area contributed by atoms with Gasteiger partial charge < -0.3 is 16.2 Å². The highest BCUT2D eigenvalue weighted by Gasteiger charge is 2.14. The summed E-state index contributed by atoms with van der Waals surface area (Å²) in [7, 11) is 0. The molecule has 4 N–H and O–H groups in total. The van der Waals surface area contributed by atoms with E-state index in [2.05, 4.69) is 5.32 Å². The normalized spacial score (nSPS) is 11.9. The molecule has 1 amide bonds. The number of aromatic hydroxyl groups is 1. The summed E-state index contributed by atoms with van der Waals surface area (Å²) in [6.45, 7) is 1.80. The number of aryl methyl sites for hydroxylation is 2. The Morgan fingerprint density at radius 1 is 1.24 bits per heavy atom. The number of hydrogen-bond acceptors (Lipinski definition) is 3. The zero-order valence-corrected chi connectivity index (χ0v) is 12.0. The molecule has 0 aliphatic rings. The number of phenols is 1. The number of nitrogens with one attached hydrogen (secondary N) is 1. The molecule has 4 nitrogen and oxygen atoms in total. The molecule has 0 bridgehead atoms. The first-order chi connectivity index (χ1) is 10.1. The first kappa shape index (κ1) is 15.1. The number of carbonyl (C=O) groups excluding carboxylic acids is 1. The molecule has 2 aromatic rings. The van der Waals surface area contributed by atoms with Crippen LogP contribution < -0.4 is 11.1 Å². The zero-order chi connectivity index (χ0) is 15.2. The Bertz CT molecular complexity index is 611. The molecule has 2 rings (SSSR count). The molecule has 2 aromatic carbocycles. The minimum Gasteiger partial charge on any atom is -0.508 e. The Hall–Kier alpha value is -2.33. The largest absolute Gasteiger partial charge is 0.508 e. The van der Waals surface area contributed by atoms with E-state index in [1.165, 1.54) is 6.07 Å². The highest BCUT2D eigenvalue weighted by atomic mass is 16.3. The maximum atomic E-state index is 12.0. The molecule has 0 spiro atoms. The van der Waals surface area contributed by atoms with Crippen LogP contribution in [-0.4, -0.2) is 17.1 Å². The minimum absolute atomic E-state index is 0.158. The fraction of sp³-hybridized carbons (Fsp3) is 0.235. The van der Waals surface area contributed by atoms with Gasteiger partial charge in [-0.25, -0.2) is 0 Å². The molecule has 0 aliphatic carbocycles. The van der Waals surface area contributed by atoms with E-state index in [-0.39, 0.29) is 11.7 Å². The van der Waals surface area contributed by atoms with Crippen molar-refractivity contribution in [2.45, 2.75) is 25.8 Å². The standard InChI is InChI=1S/C17H20N2O2/c1-12-7-9-14(11-16(12)20)19-17(21)15(18)10-8-13-5-3-2-4-6-13/h2-7,9,11,15,20H,8,10,18H2,1H3,(H,19,21)/t15-/m0/s1. The van der Waals surface area contributed by atoms with Crippen molar-refractivity contribution in [2.75, 3.05) is 5.32 Å². The SMILES string of the molecule is Cc1ccc(NC(=O)[C@@H](N)CCc2ccccc2)cc1O. The molecule has 0 heterocycles. The summed E-state index contributed by atoms with van der Waals surface area (Å²) >= 11 is 0. The van der Waals surface area contributed by atoms with Gasteiger partial charge in [0.15, 0.2) is 0 Å². The molecule has 110 valence electrons. The van der Waals surface area contributed by atoms with Crippen LogP contribution in [0.1, 0.15) is 17.5 Å². The second kappa shape index (κ2) is 6.90. The summed E-state index contributed by atoms with van der Waals surface area (Å²) in [5.41, 5.74) is 8.39. The fourth-order valence-electron chi connectivity index (χ4n) is 2.02. The van der Waals surface area contributed by atoms with Gasteiger partial charge in [0.1, 0.15) is 5.75 Å². The zero-order valence-electron chi connectivity index (χ0n) is 12.0. The molecular weight excluding hydrogens is 264 g/mol. The molecule has 0 unspecified atom stereocenters. The van der Waals surface area contributed by atoms with Gasteiger partial charge in [0.2, 0.25) is 5.91 Å². The van der Waals surface area contributed by atoms with Gasteiger partial charge in [-0.1, -0.05) is 36.4 Å². The third-order valence-electron chi connectivity index (χ3n) is 3.40. The van der Waals surface area contributed by atoms with Crippen LogP contribution in [0.15, 0.2) is 48.5 Å². The number of anilines is 1. The summed E-state index contributed by atoms with van der Waals surface area (Å²) in [6.07, 6.45) is 1.34. The van der Waals surface area contributed by atoms with Gasteiger partial charge in [0.05, 0.1) is 6.04 Å². The molecule has 0 saturated carbocycles. The lowest BCUT2D eigenvalue weighted by Crippen LogP contribution is -2.36. The topological polar surface area (TPSA) is 75.4 Å². The molecule has 0 saturated heterocycles. The Labute approximate surface area is 124 Å². The third-order valence-corrected chi connectivity index (χ3v) is 3.40. The van der Waals surface area contributed by atoms with E-state index in [1.54, 1.807) is 19.1 Å². The van der Waals surface area contributed by atoms with Crippen molar-refractivity contribution >= 4 is 11.6 Å². The molecule has 4 heteroatoms. The van der Waals surface area contributed by atoms with Gasteiger partial charge in [-0.15, -0.1) is 0 Å². The highest BCUT2D eigenvalue weighted by Crippen LogP contribution is 2.20. The highest BCUT2D eigenvalue weighted by molar-refractivity contribution is 5.94. The van der Waals surface area contributed by atoms with Gasteiger partial charge >= 0.3 is 0 Å². The van der Waals surface area contributed by atoms with Crippen LogP contribution in [0.5, 0.6) is 5.75 Å². The molecule has 21 heavy (non-hydrogen) atoms. The van der Waals surface area contributed by atoms with E-state index in [0.717, 1.165) is 17.5 Å². The van der Waals surface area contributed by atoms with Crippen LogP contribution in [0.25, 0.3) is 0 Å². The number of nitrogens with two attached hydrogens (primary N) is 1. The number of hydrogen-bond donors (Lipinski definition) is 3. The quantitative estimate of drug-likeness (QED) is 0.790. The lowest BCUT2D eigenvalue weighted by atomic mass is 10.1. The van der Waals surface area contributed by atoms with Crippen LogP contribution in [0.3, 0.4) is 0 Å². The van der Waals surface area contributed by atoms with Crippen LogP contribution >= 0.6 is 0 Å². The average Bonchev–Trinajstić information content (AvgIpc) is 2.49. The lowest BCUT2D eigenvalue weighted by molar-refractivity contribution is -0.117. The van der Waals surface area contributed by atoms with Crippen molar-refractivity contribution in [3.8, 4) is 5.75 Å². The molecular formula is C17H20N2O2. The van der Waals surface area contributed by atoms with Crippen LogP contribution in [0, 0.1) is 6.92 Å². The van der Waals surface area contributed by atoms with Crippen molar-refractivity contribution in [3.63, 3.8) is 0 Å². The fourth-order valence-corrected chi connectivity index (χ4v) is 2.02. The molecule has 0 aliphatic heterocycles. The number of phenolic OH excluding ortho intramolecular Hbond substituents is 1. The Morgan fingerprint density at radius 3 is 2.62 bits per heavy atom. The van der Waals surface area contributed by atoms with Gasteiger partial charge in [-0.2, -0.15) is 0 Å². The first-order valence-corrected chi connectivity index (χ1v) is 6.96. The molecule has 0 fully saturated rings. The van der Waals surface area contributed by atoms with Crippen LogP contribution in [-0.2, 0) is 11.2 Å². The number of benzene rings is 2. The van der Waals surface area contributed by atoms with Gasteiger partial charge in [0.25, 0.3) is 0 Å². The van der Waals surface area contributed by atoms with Gasteiger partial charge in [-0.3, -0.25) is 4.79 Å². The molecule has 0 aromatic heterocycles. The Morgan fingerprint density at radius 2 is 1.95 bits per heavy atom. The van der Waals surface area contributed by atoms with Gasteiger partial charge in [0, 0.05) is 11.8 Å². The summed E-state index contributed by atoms with van der Waals surface area (Å²) < 4.78 is 0. The summed E-state index contributed by atoms with van der Waals surface area (Å²) in [4.78, 5) is 12.0. The van der Waals surface area contributed by atoms with Crippen molar-refractivity contribution < 1.29 is 9.90 Å². The third kappa shape index (κ3) is 4.33. The predicted molar refractivity (Wildman–Crippen MR) is 84.2 cm³/mol. The van der Waals surface area contributed by atoms with E-state index < -0.39 is 6.04 Å². The van der Waals surface area contributed by atoms with E-state index >= 15 is 0 Å². The summed E-state index contributed by atoms with van der Waals surface area (Å²) in [6, 6.07) is 14.4. The van der Waals surface area contributed by atoms with E-state index in [9.17, 15) is 9.90 Å². The van der Waals surface area contributed by atoms with E-state index in [4.69, 9.17) is 5.73 Å². The summed E-state index contributed by atoms with van der Waals surface area (Å²) in [5, 5.41) is 12.3. The molecule has 1 atom stereocenters. The first-order valence-electron chi connectivity index (χ1n) is 6.96. The number of amides is 1. The van der Waals surface area contributed by atoms with Crippen LogP contribution in [0.4, 0.5) is 5.69 Å². The average molecular weight is 284 g/mol. The Balaban J connectivity index is 1.89. The predicted octanol–water partition coefficient (Wildman–Crippen LogP) is 2.60. The van der Waals surface area contributed by atoms with Crippen molar-refractivity contribution in [2.24, 2.45) is 5.73 Å². The maximum Gasteiger partial charge on any atom is 0.241 e. The summed E-state index contributed by atoms with van der Waals surface area (Å²) in [5.74, 6) is -0.0835. The Kier molecular flexibility index (Phi) is 4.95. The number of carbonyl (C=O) groups is 1. The molecule has 0 radical (unpaired) electrons. The van der Waals surface area contributed by atoms with Gasteiger partial charge in [-0.05, 0) is 37.0 Å². The van der Waals surface area contributed by atoms with Crippen molar-refractivity contribution in [1.29, 1.82) is 0 Å².